The Labute approximate surface area is 231 Å². The number of anilines is 1. The van der Waals surface area contributed by atoms with E-state index < -0.39 is 6.09 Å². The Morgan fingerprint density at radius 1 is 1.00 bits per heavy atom. The topological polar surface area (TPSA) is 114 Å². The highest BCUT2D eigenvalue weighted by molar-refractivity contribution is 5.94. The van der Waals surface area contributed by atoms with Gasteiger partial charge in [-0.15, -0.1) is 0 Å². The predicted molar refractivity (Wildman–Crippen MR) is 154 cm³/mol. The number of hydrogen-bond donors (Lipinski definition) is 2. The lowest BCUT2D eigenvalue weighted by molar-refractivity contribution is -0.121. The molecule has 0 aliphatic carbocycles. The van der Waals surface area contributed by atoms with Gasteiger partial charge in [-0.1, -0.05) is 44.2 Å². The van der Waals surface area contributed by atoms with Gasteiger partial charge in [0.05, 0.1) is 13.7 Å². The van der Waals surface area contributed by atoms with Crippen molar-refractivity contribution < 1.29 is 23.9 Å². The van der Waals surface area contributed by atoms with Gasteiger partial charge in [-0.25, -0.2) is 4.79 Å². The average molecular weight is 539 g/mol. The van der Waals surface area contributed by atoms with E-state index in [9.17, 15) is 14.4 Å². The number of methoxy groups -OCH3 is 1. The maximum absolute atomic E-state index is 12.7. The lowest BCUT2D eigenvalue weighted by Crippen LogP contribution is -2.32. The van der Waals surface area contributed by atoms with E-state index in [4.69, 9.17) is 15.2 Å². The van der Waals surface area contributed by atoms with Crippen LogP contribution >= 0.6 is 0 Å². The lowest BCUT2D eigenvalue weighted by Gasteiger charge is -2.20. The second kappa shape index (κ2) is 16.2. The van der Waals surface area contributed by atoms with Crippen LogP contribution in [-0.2, 0) is 22.7 Å². The molecule has 2 aromatic carbocycles. The summed E-state index contributed by atoms with van der Waals surface area (Å²) in [6.07, 6.45) is 7.11. The van der Waals surface area contributed by atoms with Crippen molar-refractivity contribution in [2.45, 2.75) is 52.6 Å². The van der Waals surface area contributed by atoms with Crippen molar-refractivity contribution in [3.8, 4) is 11.5 Å². The fraction of sp³-hybridized carbons (Fsp3) is 0.433. The number of allylic oxidation sites excluding steroid dienone is 2. The molecule has 212 valence electrons. The number of nitrogens with one attached hydrogen (secondary N) is 1. The van der Waals surface area contributed by atoms with Crippen LogP contribution in [0.2, 0.25) is 0 Å². The monoisotopic (exact) mass is 538 g/mol. The highest BCUT2D eigenvalue weighted by atomic mass is 16.6. The number of nitrogens with zero attached hydrogens (tertiary/aromatic N) is 2. The molecule has 0 unspecified atom stereocenters. The van der Waals surface area contributed by atoms with E-state index in [1.807, 2.05) is 12.1 Å². The van der Waals surface area contributed by atoms with Crippen LogP contribution in [-0.4, -0.2) is 50.6 Å². The molecule has 0 fully saturated rings. The maximum Gasteiger partial charge on any atom is 0.415 e. The van der Waals surface area contributed by atoms with Crippen molar-refractivity contribution in [2.24, 2.45) is 11.7 Å². The minimum absolute atomic E-state index is 0.00425. The third-order valence-corrected chi connectivity index (χ3v) is 6.06. The van der Waals surface area contributed by atoms with E-state index in [1.54, 1.807) is 44.4 Å². The zero-order valence-corrected chi connectivity index (χ0v) is 23.7. The summed E-state index contributed by atoms with van der Waals surface area (Å²) < 4.78 is 11.0. The van der Waals surface area contributed by atoms with Crippen molar-refractivity contribution in [2.75, 3.05) is 32.6 Å². The third kappa shape index (κ3) is 10.8. The first-order valence-corrected chi connectivity index (χ1v) is 13.2. The molecule has 0 aliphatic heterocycles. The zero-order valence-electron chi connectivity index (χ0n) is 23.7. The smallest absolute Gasteiger partial charge is 0.415 e. The molecule has 0 bridgehead atoms. The van der Waals surface area contributed by atoms with Gasteiger partial charge < -0.3 is 30.3 Å². The van der Waals surface area contributed by atoms with Crippen molar-refractivity contribution >= 4 is 23.6 Å². The molecule has 0 saturated carbocycles. The van der Waals surface area contributed by atoms with Crippen LogP contribution in [0, 0.1) is 5.92 Å². The van der Waals surface area contributed by atoms with Crippen molar-refractivity contribution in [1.82, 2.24) is 10.2 Å². The molecule has 39 heavy (non-hydrogen) atoms. The van der Waals surface area contributed by atoms with Crippen LogP contribution < -0.4 is 25.4 Å². The molecule has 3 amide bonds. The number of carbonyl (C=O) groups excluding carboxylic acids is 3. The van der Waals surface area contributed by atoms with Gasteiger partial charge >= 0.3 is 6.09 Å². The number of rotatable bonds is 14. The standard InChI is InChI=1S/C30H42N4O5/c1-22(2)10-8-6-7-9-11-28(35)32-20-24-14-17-26(27(18-24)38-5)39-30(37)33(3)21-23-12-15-25(16-13-23)34(4)29(36)19-31/h8,10,12-18,22H,6-7,9,11,19-21,31H2,1-5H3,(H,32,35)/b10-8+. The van der Waals surface area contributed by atoms with E-state index in [0.717, 1.165) is 36.1 Å². The first-order valence-electron chi connectivity index (χ1n) is 13.2. The summed E-state index contributed by atoms with van der Waals surface area (Å²) in [7, 11) is 4.80. The molecule has 0 atom stereocenters. The molecule has 0 radical (unpaired) electrons. The first kappa shape index (κ1) is 31.4. The summed E-state index contributed by atoms with van der Waals surface area (Å²) in [6, 6.07) is 12.5. The Balaban J connectivity index is 1.85. The maximum atomic E-state index is 12.7. The Bertz CT molecular complexity index is 1110. The van der Waals surface area contributed by atoms with Gasteiger partial charge in [-0.05, 0) is 60.6 Å². The number of hydrogen-bond acceptors (Lipinski definition) is 6. The Hall–Kier alpha value is -3.85. The van der Waals surface area contributed by atoms with Crippen LogP contribution in [0.1, 0.15) is 50.7 Å². The highest BCUT2D eigenvalue weighted by Crippen LogP contribution is 2.29. The van der Waals surface area contributed by atoms with Gasteiger partial charge in [0, 0.05) is 39.3 Å². The summed E-state index contributed by atoms with van der Waals surface area (Å²) in [5, 5.41) is 2.93. The molecule has 9 heteroatoms. The molecule has 9 nitrogen and oxygen atoms in total. The number of unbranched alkanes of at least 4 members (excludes halogenated alkanes) is 2. The average Bonchev–Trinajstić information content (AvgIpc) is 2.93. The molecule has 0 aromatic heterocycles. The van der Waals surface area contributed by atoms with Crippen LogP contribution in [0.5, 0.6) is 11.5 Å². The Kier molecular flexibility index (Phi) is 13.0. The van der Waals surface area contributed by atoms with Crippen molar-refractivity contribution in [3.05, 3.63) is 65.7 Å². The van der Waals surface area contributed by atoms with E-state index >= 15 is 0 Å². The number of amides is 3. The highest BCUT2D eigenvalue weighted by Gasteiger charge is 2.16. The van der Waals surface area contributed by atoms with Gasteiger partial charge in [-0.3, -0.25) is 9.59 Å². The van der Waals surface area contributed by atoms with E-state index in [0.29, 0.717) is 31.2 Å². The zero-order chi connectivity index (χ0) is 28.8. The lowest BCUT2D eigenvalue weighted by atomic mass is 10.1. The normalized spacial score (nSPS) is 10.9. The summed E-state index contributed by atoms with van der Waals surface area (Å²) in [4.78, 5) is 39.6. The number of ether oxygens (including phenoxy) is 2. The molecule has 0 aliphatic rings. The van der Waals surface area contributed by atoms with E-state index in [1.165, 1.54) is 16.9 Å². The van der Waals surface area contributed by atoms with Crippen molar-refractivity contribution in [3.63, 3.8) is 0 Å². The first-order chi connectivity index (χ1) is 18.6. The second-order valence-electron chi connectivity index (χ2n) is 9.73. The minimum Gasteiger partial charge on any atom is -0.493 e. The van der Waals surface area contributed by atoms with Crippen LogP contribution in [0.25, 0.3) is 0 Å². The SMILES string of the molecule is COc1cc(CNC(=O)CCCC/C=C/C(C)C)ccc1OC(=O)N(C)Cc1ccc(N(C)C(=O)CN)cc1. The van der Waals surface area contributed by atoms with Gasteiger partial charge in [-0.2, -0.15) is 0 Å². The molecule has 2 rings (SSSR count). The summed E-state index contributed by atoms with van der Waals surface area (Å²) >= 11 is 0. The van der Waals surface area contributed by atoms with Gasteiger partial charge in [0.15, 0.2) is 11.5 Å². The summed E-state index contributed by atoms with van der Waals surface area (Å²) in [5.41, 5.74) is 7.85. The largest absolute Gasteiger partial charge is 0.493 e. The number of benzene rings is 2. The predicted octanol–water partition coefficient (Wildman–Crippen LogP) is 4.64. The summed E-state index contributed by atoms with van der Waals surface area (Å²) in [6.45, 7) is 4.90. The Morgan fingerprint density at radius 2 is 1.69 bits per heavy atom. The number of likely N-dealkylation sites (N-methyl/N-ethyl adjacent to an activating group) is 1. The van der Waals surface area contributed by atoms with Gasteiger partial charge in [0.25, 0.3) is 0 Å². The van der Waals surface area contributed by atoms with E-state index in [-0.39, 0.29) is 24.1 Å². The van der Waals surface area contributed by atoms with Crippen LogP contribution in [0.15, 0.2) is 54.6 Å². The number of carbonyl (C=O) groups is 3. The second-order valence-corrected chi connectivity index (χ2v) is 9.73. The third-order valence-electron chi connectivity index (χ3n) is 6.06. The molecule has 0 spiro atoms. The van der Waals surface area contributed by atoms with Crippen LogP contribution in [0.3, 0.4) is 0 Å². The van der Waals surface area contributed by atoms with Gasteiger partial charge in [0.1, 0.15) is 0 Å². The number of nitrogens with two attached hydrogens (primary N) is 1. The minimum atomic E-state index is -0.544. The molecule has 0 heterocycles. The Morgan fingerprint density at radius 3 is 2.33 bits per heavy atom. The molecular weight excluding hydrogens is 496 g/mol. The summed E-state index contributed by atoms with van der Waals surface area (Å²) in [5.74, 6) is 1.05. The molecular formula is C30H42N4O5. The molecule has 0 saturated heterocycles. The fourth-order valence-corrected chi connectivity index (χ4v) is 3.73. The quantitative estimate of drug-likeness (QED) is 0.268. The molecule has 2 aromatic rings. The van der Waals surface area contributed by atoms with Crippen LogP contribution in [0.4, 0.5) is 10.5 Å². The fourth-order valence-electron chi connectivity index (χ4n) is 3.73. The van der Waals surface area contributed by atoms with Gasteiger partial charge in [0.2, 0.25) is 11.8 Å². The van der Waals surface area contributed by atoms with E-state index in [2.05, 4.69) is 31.3 Å². The van der Waals surface area contributed by atoms with Crippen molar-refractivity contribution in [1.29, 1.82) is 0 Å². The molecule has 3 N–H and O–H groups in total.